The van der Waals surface area contributed by atoms with E-state index >= 15 is 0 Å². The van der Waals surface area contributed by atoms with Crippen molar-refractivity contribution in [3.05, 3.63) is 29.8 Å². The average molecular weight is 220 g/mol. The molecule has 1 rings (SSSR count). The maximum absolute atomic E-state index is 5.63. The predicted molar refractivity (Wildman–Crippen MR) is 72.1 cm³/mol. The van der Waals surface area contributed by atoms with E-state index in [2.05, 4.69) is 49.9 Å². The van der Waals surface area contributed by atoms with Gasteiger partial charge in [-0.1, -0.05) is 32.9 Å². The lowest BCUT2D eigenvalue weighted by Crippen LogP contribution is -2.30. The number of benzene rings is 1. The van der Waals surface area contributed by atoms with Gasteiger partial charge in [0.15, 0.2) is 0 Å². The SMILES string of the molecule is CCCN(CCN)c1ccc(C(C)C)cc1. The van der Waals surface area contributed by atoms with E-state index < -0.39 is 0 Å². The summed E-state index contributed by atoms with van der Waals surface area (Å²) in [4.78, 5) is 2.35. The van der Waals surface area contributed by atoms with Gasteiger partial charge in [-0.3, -0.25) is 0 Å². The molecule has 0 saturated heterocycles. The molecule has 2 N–H and O–H groups in total. The molecule has 0 heterocycles. The lowest BCUT2D eigenvalue weighted by atomic mass is 10.0. The molecule has 0 saturated carbocycles. The fourth-order valence-electron chi connectivity index (χ4n) is 1.87. The van der Waals surface area contributed by atoms with Gasteiger partial charge in [-0.15, -0.1) is 0 Å². The van der Waals surface area contributed by atoms with Crippen molar-refractivity contribution in [1.82, 2.24) is 0 Å². The zero-order valence-electron chi connectivity index (χ0n) is 10.7. The maximum Gasteiger partial charge on any atom is 0.0366 e. The van der Waals surface area contributed by atoms with E-state index in [0.29, 0.717) is 12.5 Å². The zero-order chi connectivity index (χ0) is 12.0. The first-order valence-corrected chi connectivity index (χ1v) is 6.24. The van der Waals surface area contributed by atoms with Crippen molar-refractivity contribution in [3.63, 3.8) is 0 Å². The Labute approximate surface area is 99.5 Å². The highest BCUT2D eigenvalue weighted by atomic mass is 15.1. The number of rotatable bonds is 6. The summed E-state index contributed by atoms with van der Waals surface area (Å²) >= 11 is 0. The molecule has 0 bridgehead atoms. The highest BCUT2D eigenvalue weighted by Crippen LogP contribution is 2.20. The molecule has 16 heavy (non-hydrogen) atoms. The standard InChI is InChI=1S/C14H24N2/c1-4-10-16(11-9-15)14-7-5-13(6-8-14)12(2)3/h5-8,12H,4,9-11,15H2,1-3H3. The largest absolute Gasteiger partial charge is 0.370 e. The van der Waals surface area contributed by atoms with Crippen LogP contribution in [0.15, 0.2) is 24.3 Å². The molecule has 0 radical (unpaired) electrons. The van der Waals surface area contributed by atoms with Crippen LogP contribution in [-0.2, 0) is 0 Å². The molecule has 0 unspecified atom stereocenters. The summed E-state index contributed by atoms with van der Waals surface area (Å²) in [6.45, 7) is 9.38. The number of anilines is 1. The number of nitrogens with zero attached hydrogens (tertiary/aromatic N) is 1. The summed E-state index contributed by atoms with van der Waals surface area (Å²) in [6.07, 6.45) is 1.16. The van der Waals surface area contributed by atoms with Crippen molar-refractivity contribution < 1.29 is 0 Å². The Morgan fingerprint density at radius 1 is 1.12 bits per heavy atom. The summed E-state index contributed by atoms with van der Waals surface area (Å²) in [5.41, 5.74) is 8.32. The van der Waals surface area contributed by atoms with Gasteiger partial charge >= 0.3 is 0 Å². The Balaban J connectivity index is 2.76. The van der Waals surface area contributed by atoms with Crippen LogP contribution in [0.5, 0.6) is 0 Å². The fourth-order valence-corrected chi connectivity index (χ4v) is 1.87. The third-order valence-corrected chi connectivity index (χ3v) is 2.82. The fraction of sp³-hybridized carbons (Fsp3) is 0.571. The minimum Gasteiger partial charge on any atom is -0.370 e. The minimum absolute atomic E-state index is 0.600. The van der Waals surface area contributed by atoms with Gasteiger partial charge in [-0.25, -0.2) is 0 Å². The summed E-state index contributed by atoms with van der Waals surface area (Å²) in [7, 11) is 0. The van der Waals surface area contributed by atoms with Crippen LogP contribution >= 0.6 is 0 Å². The molecular formula is C14H24N2. The Kier molecular flexibility index (Phi) is 5.33. The first kappa shape index (κ1) is 13.0. The molecule has 1 aromatic carbocycles. The molecule has 0 spiro atoms. The summed E-state index contributed by atoms with van der Waals surface area (Å²) in [5, 5.41) is 0. The topological polar surface area (TPSA) is 29.3 Å². The zero-order valence-corrected chi connectivity index (χ0v) is 10.7. The molecule has 0 aliphatic heterocycles. The molecule has 2 nitrogen and oxygen atoms in total. The Hall–Kier alpha value is -1.02. The van der Waals surface area contributed by atoms with E-state index in [4.69, 9.17) is 5.73 Å². The molecule has 0 aliphatic rings. The highest BCUT2D eigenvalue weighted by molar-refractivity contribution is 5.48. The quantitative estimate of drug-likeness (QED) is 0.798. The second-order valence-electron chi connectivity index (χ2n) is 4.52. The molecule has 0 atom stereocenters. The van der Waals surface area contributed by atoms with Crippen LogP contribution < -0.4 is 10.6 Å². The molecule has 2 heteroatoms. The lowest BCUT2D eigenvalue weighted by Gasteiger charge is -2.24. The van der Waals surface area contributed by atoms with Gasteiger partial charge in [0.1, 0.15) is 0 Å². The normalized spacial score (nSPS) is 10.8. The highest BCUT2D eigenvalue weighted by Gasteiger charge is 2.05. The van der Waals surface area contributed by atoms with Gasteiger partial charge < -0.3 is 10.6 Å². The Morgan fingerprint density at radius 2 is 1.75 bits per heavy atom. The number of nitrogens with two attached hydrogens (primary N) is 1. The van der Waals surface area contributed by atoms with Crippen LogP contribution in [0, 0.1) is 0 Å². The van der Waals surface area contributed by atoms with E-state index in [9.17, 15) is 0 Å². The molecule has 0 fully saturated rings. The van der Waals surface area contributed by atoms with E-state index in [1.54, 1.807) is 0 Å². The Bertz CT molecular complexity index is 284. The number of hydrogen-bond acceptors (Lipinski definition) is 2. The van der Waals surface area contributed by atoms with Crippen molar-refractivity contribution in [2.45, 2.75) is 33.1 Å². The first-order chi connectivity index (χ1) is 7.69. The lowest BCUT2D eigenvalue weighted by molar-refractivity contribution is 0.761. The van der Waals surface area contributed by atoms with Gasteiger partial charge in [0.2, 0.25) is 0 Å². The second-order valence-corrected chi connectivity index (χ2v) is 4.52. The van der Waals surface area contributed by atoms with Crippen molar-refractivity contribution in [2.24, 2.45) is 5.73 Å². The van der Waals surface area contributed by atoms with Crippen molar-refractivity contribution in [1.29, 1.82) is 0 Å². The van der Waals surface area contributed by atoms with Crippen LogP contribution in [0.2, 0.25) is 0 Å². The molecule has 90 valence electrons. The van der Waals surface area contributed by atoms with Crippen molar-refractivity contribution in [2.75, 3.05) is 24.5 Å². The van der Waals surface area contributed by atoms with E-state index in [1.807, 2.05) is 0 Å². The molecule has 0 aliphatic carbocycles. The average Bonchev–Trinajstić information content (AvgIpc) is 2.29. The minimum atomic E-state index is 0.600. The van der Waals surface area contributed by atoms with E-state index in [0.717, 1.165) is 19.5 Å². The Morgan fingerprint density at radius 3 is 2.19 bits per heavy atom. The summed E-state index contributed by atoms with van der Waals surface area (Å²) < 4.78 is 0. The third kappa shape index (κ3) is 3.53. The van der Waals surface area contributed by atoms with Crippen LogP contribution in [0.25, 0.3) is 0 Å². The maximum atomic E-state index is 5.63. The van der Waals surface area contributed by atoms with Gasteiger partial charge in [0.25, 0.3) is 0 Å². The second kappa shape index (κ2) is 6.54. The van der Waals surface area contributed by atoms with Gasteiger partial charge in [-0.05, 0) is 30.0 Å². The van der Waals surface area contributed by atoms with Crippen LogP contribution in [0.3, 0.4) is 0 Å². The smallest absolute Gasteiger partial charge is 0.0366 e. The van der Waals surface area contributed by atoms with Gasteiger partial charge in [0.05, 0.1) is 0 Å². The third-order valence-electron chi connectivity index (χ3n) is 2.82. The van der Waals surface area contributed by atoms with Crippen LogP contribution in [-0.4, -0.2) is 19.6 Å². The molecule has 0 amide bonds. The van der Waals surface area contributed by atoms with Crippen LogP contribution in [0.1, 0.15) is 38.7 Å². The van der Waals surface area contributed by atoms with Crippen molar-refractivity contribution >= 4 is 5.69 Å². The van der Waals surface area contributed by atoms with Gasteiger partial charge in [-0.2, -0.15) is 0 Å². The van der Waals surface area contributed by atoms with Crippen molar-refractivity contribution in [3.8, 4) is 0 Å². The van der Waals surface area contributed by atoms with E-state index in [-0.39, 0.29) is 0 Å². The first-order valence-electron chi connectivity index (χ1n) is 6.24. The summed E-state index contributed by atoms with van der Waals surface area (Å²) in [6, 6.07) is 8.86. The van der Waals surface area contributed by atoms with E-state index in [1.165, 1.54) is 11.3 Å². The van der Waals surface area contributed by atoms with Crippen LogP contribution in [0.4, 0.5) is 5.69 Å². The summed E-state index contributed by atoms with van der Waals surface area (Å²) in [5.74, 6) is 0.600. The number of hydrogen-bond donors (Lipinski definition) is 1. The van der Waals surface area contributed by atoms with Gasteiger partial charge in [0, 0.05) is 25.3 Å². The monoisotopic (exact) mass is 220 g/mol. The molecular weight excluding hydrogens is 196 g/mol. The molecule has 1 aromatic rings. The predicted octanol–water partition coefficient (Wildman–Crippen LogP) is 2.99. The molecule has 0 aromatic heterocycles.